The Morgan fingerprint density at radius 1 is 0.700 bits per heavy atom. The van der Waals surface area contributed by atoms with Crippen molar-refractivity contribution in [1.29, 1.82) is 0 Å². The van der Waals surface area contributed by atoms with Gasteiger partial charge in [0.1, 0.15) is 0 Å². The summed E-state index contributed by atoms with van der Waals surface area (Å²) in [5, 5.41) is 0. The van der Waals surface area contributed by atoms with E-state index < -0.39 is 0 Å². The van der Waals surface area contributed by atoms with Gasteiger partial charge in [-0.1, -0.05) is 59.7 Å². The minimum atomic E-state index is -0.225. The number of benzene rings is 2. The topological polar surface area (TPSA) is 18.5 Å². The van der Waals surface area contributed by atoms with E-state index in [4.69, 9.17) is 9.47 Å². The maximum absolute atomic E-state index is 5.88. The van der Waals surface area contributed by atoms with Crippen LogP contribution in [-0.4, -0.2) is 13.2 Å². The first-order valence-electron chi connectivity index (χ1n) is 7.09. The lowest BCUT2D eigenvalue weighted by Gasteiger charge is -2.30. The fourth-order valence-corrected chi connectivity index (χ4v) is 2.45. The highest BCUT2D eigenvalue weighted by atomic mass is 16.7. The van der Waals surface area contributed by atoms with Gasteiger partial charge in [-0.05, 0) is 19.4 Å². The minimum absolute atomic E-state index is 0.225. The maximum atomic E-state index is 5.88. The van der Waals surface area contributed by atoms with E-state index in [1.54, 1.807) is 0 Å². The molecule has 0 amide bonds. The van der Waals surface area contributed by atoms with Crippen molar-refractivity contribution >= 4 is 0 Å². The molecule has 20 heavy (non-hydrogen) atoms. The third-order valence-corrected chi connectivity index (χ3v) is 3.80. The second-order valence-corrected chi connectivity index (χ2v) is 5.52. The zero-order chi connectivity index (χ0) is 13.9. The van der Waals surface area contributed by atoms with Crippen LogP contribution < -0.4 is 0 Å². The van der Waals surface area contributed by atoms with Crippen LogP contribution in [0.5, 0.6) is 0 Å². The van der Waals surface area contributed by atoms with Gasteiger partial charge in [-0.25, -0.2) is 0 Å². The van der Waals surface area contributed by atoms with E-state index in [1.807, 2.05) is 0 Å². The SMILES string of the molecule is Cc1ccc(C2COC(c3ccc(C)cc3)OC2)cc1. The standard InChI is InChI=1S/C18H20O2/c1-13-3-7-15(8-4-13)17-11-19-18(20-12-17)16-9-5-14(2)6-10-16/h3-10,17-18H,11-12H2,1-2H3. The summed E-state index contributed by atoms with van der Waals surface area (Å²) in [7, 11) is 0. The van der Waals surface area contributed by atoms with Gasteiger partial charge >= 0.3 is 0 Å². The molecule has 2 aromatic carbocycles. The highest BCUT2D eigenvalue weighted by Gasteiger charge is 2.24. The Bertz CT molecular complexity index is 495. The number of ether oxygens (including phenoxy) is 2. The molecule has 2 aromatic rings. The van der Waals surface area contributed by atoms with Crippen LogP contribution >= 0.6 is 0 Å². The molecule has 0 bridgehead atoms. The van der Waals surface area contributed by atoms with E-state index in [9.17, 15) is 0 Å². The first-order valence-corrected chi connectivity index (χ1v) is 7.09. The predicted octanol–water partition coefficient (Wildman–Crippen LogP) is 4.13. The normalized spacial score (nSPS) is 22.7. The van der Waals surface area contributed by atoms with E-state index in [1.165, 1.54) is 16.7 Å². The zero-order valence-electron chi connectivity index (χ0n) is 12.0. The third-order valence-electron chi connectivity index (χ3n) is 3.80. The van der Waals surface area contributed by atoms with Gasteiger partial charge in [0.25, 0.3) is 0 Å². The van der Waals surface area contributed by atoms with Gasteiger partial charge in [-0.15, -0.1) is 0 Å². The number of hydrogen-bond donors (Lipinski definition) is 0. The van der Waals surface area contributed by atoms with E-state index in [-0.39, 0.29) is 6.29 Å². The Balaban J connectivity index is 1.64. The molecule has 0 aromatic heterocycles. The first-order chi connectivity index (χ1) is 9.72. The summed E-state index contributed by atoms with van der Waals surface area (Å²) < 4.78 is 11.8. The molecule has 1 saturated heterocycles. The number of hydrogen-bond acceptors (Lipinski definition) is 2. The summed E-state index contributed by atoms with van der Waals surface area (Å²) in [4.78, 5) is 0. The van der Waals surface area contributed by atoms with Gasteiger partial charge in [0.2, 0.25) is 0 Å². The number of aryl methyl sites for hydroxylation is 2. The number of rotatable bonds is 2. The predicted molar refractivity (Wildman–Crippen MR) is 79.7 cm³/mol. The van der Waals surface area contributed by atoms with Crippen LogP contribution in [0.4, 0.5) is 0 Å². The van der Waals surface area contributed by atoms with Crippen LogP contribution in [-0.2, 0) is 9.47 Å². The molecular formula is C18H20O2. The molecular weight excluding hydrogens is 248 g/mol. The lowest BCUT2D eigenvalue weighted by molar-refractivity contribution is -0.191. The van der Waals surface area contributed by atoms with E-state index in [2.05, 4.69) is 62.4 Å². The van der Waals surface area contributed by atoms with Gasteiger partial charge in [0.15, 0.2) is 6.29 Å². The fourth-order valence-electron chi connectivity index (χ4n) is 2.45. The van der Waals surface area contributed by atoms with Crippen LogP contribution in [0.2, 0.25) is 0 Å². The summed E-state index contributed by atoms with van der Waals surface area (Å²) in [6, 6.07) is 16.9. The molecule has 0 radical (unpaired) electrons. The fraction of sp³-hybridized carbons (Fsp3) is 0.333. The van der Waals surface area contributed by atoms with Crippen LogP contribution in [0, 0.1) is 13.8 Å². The molecule has 3 rings (SSSR count). The molecule has 2 nitrogen and oxygen atoms in total. The second kappa shape index (κ2) is 5.78. The van der Waals surface area contributed by atoms with E-state index in [0.717, 1.165) is 5.56 Å². The van der Waals surface area contributed by atoms with Gasteiger partial charge in [0.05, 0.1) is 13.2 Å². The Hall–Kier alpha value is -1.64. The van der Waals surface area contributed by atoms with Crippen LogP contribution in [0.1, 0.15) is 34.5 Å². The first kappa shape index (κ1) is 13.3. The van der Waals surface area contributed by atoms with Crippen molar-refractivity contribution in [3.8, 4) is 0 Å². The van der Waals surface area contributed by atoms with Crippen molar-refractivity contribution in [2.24, 2.45) is 0 Å². The van der Waals surface area contributed by atoms with Gasteiger partial charge < -0.3 is 9.47 Å². The monoisotopic (exact) mass is 268 g/mol. The highest BCUT2D eigenvalue weighted by molar-refractivity contribution is 5.26. The molecule has 1 heterocycles. The van der Waals surface area contributed by atoms with Gasteiger partial charge in [0, 0.05) is 11.5 Å². The molecule has 0 aliphatic carbocycles. The Kier molecular flexibility index (Phi) is 3.86. The Labute approximate surface area is 120 Å². The lowest BCUT2D eigenvalue weighted by atomic mass is 9.99. The lowest BCUT2D eigenvalue weighted by Crippen LogP contribution is -2.25. The second-order valence-electron chi connectivity index (χ2n) is 5.52. The third kappa shape index (κ3) is 2.92. The Morgan fingerprint density at radius 2 is 1.15 bits per heavy atom. The van der Waals surface area contributed by atoms with Crippen LogP contribution in [0.25, 0.3) is 0 Å². The molecule has 0 spiro atoms. The molecule has 104 valence electrons. The van der Waals surface area contributed by atoms with Crippen molar-refractivity contribution in [2.45, 2.75) is 26.1 Å². The van der Waals surface area contributed by atoms with Crippen LogP contribution in [0.3, 0.4) is 0 Å². The maximum Gasteiger partial charge on any atom is 0.183 e. The molecule has 0 saturated carbocycles. The molecule has 2 heteroatoms. The molecule has 1 aliphatic rings. The largest absolute Gasteiger partial charge is 0.348 e. The average molecular weight is 268 g/mol. The van der Waals surface area contributed by atoms with Gasteiger partial charge in [-0.2, -0.15) is 0 Å². The van der Waals surface area contributed by atoms with Crippen molar-refractivity contribution in [3.63, 3.8) is 0 Å². The van der Waals surface area contributed by atoms with Gasteiger partial charge in [-0.3, -0.25) is 0 Å². The van der Waals surface area contributed by atoms with Crippen molar-refractivity contribution in [1.82, 2.24) is 0 Å². The summed E-state index contributed by atoms with van der Waals surface area (Å²) in [6.07, 6.45) is -0.225. The van der Waals surface area contributed by atoms with Crippen molar-refractivity contribution in [2.75, 3.05) is 13.2 Å². The van der Waals surface area contributed by atoms with Crippen molar-refractivity contribution in [3.05, 3.63) is 70.8 Å². The quantitative estimate of drug-likeness (QED) is 0.815. The molecule has 1 aliphatic heterocycles. The summed E-state index contributed by atoms with van der Waals surface area (Å²) in [5.41, 5.74) is 4.92. The molecule has 0 N–H and O–H groups in total. The van der Waals surface area contributed by atoms with Crippen molar-refractivity contribution < 1.29 is 9.47 Å². The summed E-state index contributed by atoms with van der Waals surface area (Å²) in [6.45, 7) is 5.61. The average Bonchev–Trinajstić information content (AvgIpc) is 2.49. The summed E-state index contributed by atoms with van der Waals surface area (Å²) >= 11 is 0. The van der Waals surface area contributed by atoms with E-state index >= 15 is 0 Å². The smallest absolute Gasteiger partial charge is 0.183 e. The zero-order valence-corrected chi connectivity index (χ0v) is 12.0. The Morgan fingerprint density at radius 3 is 1.65 bits per heavy atom. The van der Waals surface area contributed by atoms with E-state index in [0.29, 0.717) is 19.1 Å². The molecule has 0 atom stereocenters. The molecule has 1 fully saturated rings. The van der Waals surface area contributed by atoms with Crippen LogP contribution in [0.15, 0.2) is 48.5 Å². The summed E-state index contributed by atoms with van der Waals surface area (Å²) in [5.74, 6) is 0.331. The highest BCUT2D eigenvalue weighted by Crippen LogP contribution is 2.29. The molecule has 0 unspecified atom stereocenters. The minimum Gasteiger partial charge on any atom is -0.348 e.